The van der Waals surface area contributed by atoms with Gasteiger partial charge in [-0.05, 0) is 18.2 Å². The summed E-state index contributed by atoms with van der Waals surface area (Å²) in [6.07, 6.45) is 0. The van der Waals surface area contributed by atoms with Gasteiger partial charge in [-0.2, -0.15) is 0 Å². The van der Waals surface area contributed by atoms with E-state index in [4.69, 9.17) is 21.4 Å². The first-order chi connectivity index (χ1) is 9.99. The normalized spacial score (nSPS) is 17.7. The standard InChI is InChI=1S/C14H19ClF2N2O2.ClH/c1-21-12-3-2-10(15)8-11(12)13(14(16,17)9-20)19-6-4-18-5-7-19;/h2-3,8,13,18,20H,4-7,9H2,1H3;1H/t13-;/m0./s1. The molecule has 1 saturated heterocycles. The summed E-state index contributed by atoms with van der Waals surface area (Å²) in [4.78, 5) is 1.65. The number of ether oxygens (including phenoxy) is 1. The molecule has 1 atom stereocenters. The summed E-state index contributed by atoms with van der Waals surface area (Å²) in [6, 6.07) is 3.38. The molecule has 126 valence electrons. The molecule has 4 nitrogen and oxygen atoms in total. The lowest BCUT2D eigenvalue weighted by atomic mass is 9.97. The molecule has 0 amide bonds. The minimum absolute atomic E-state index is 0. The molecule has 1 fully saturated rings. The Bertz CT molecular complexity index is 486. The Morgan fingerprint density at radius 2 is 2.05 bits per heavy atom. The van der Waals surface area contributed by atoms with E-state index in [1.165, 1.54) is 13.2 Å². The summed E-state index contributed by atoms with van der Waals surface area (Å²) in [5.74, 6) is -2.94. The number of nitrogens with zero attached hydrogens (tertiary/aromatic N) is 1. The fraction of sp³-hybridized carbons (Fsp3) is 0.571. The fourth-order valence-corrected chi connectivity index (χ4v) is 2.82. The number of methoxy groups -OCH3 is 1. The first-order valence-corrected chi connectivity index (χ1v) is 7.14. The van der Waals surface area contributed by atoms with Gasteiger partial charge < -0.3 is 15.2 Å². The van der Waals surface area contributed by atoms with Gasteiger partial charge in [0.2, 0.25) is 0 Å². The van der Waals surface area contributed by atoms with Crippen molar-refractivity contribution < 1.29 is 18.6 Å². The number of benzene rings is 1. The van der Waals surface area contributed by atoms with Crippen LogP contribution in [0.4, 0.5) is 8.78 Å². The van der Waals surface area contributed by atoms with Gasteiger partial charge in [0.25, 0.3) is 5.92 Å². The zero-order valence-electron chi connectivity index (χ0n) is 12.2. The van der Waals surface area contributed by atoms with Crippen molar-refractivity contribution in [2.75, 3.05) is 39.9 Å². The molecule has 1 aromatic carbocycles. The molecule has 1 aliphatic rings. The van der Waals surface area contributed by atoms with E-state index in [2.05, 4.69) is 5.32 Å². The molecule has 1 aromatic rings. The number of hydrogen-bond acceptors (Lipinski definition) is 4. The number of piperazine rings is 1. The van der Waals surface area contributed by atoms with Crippen LogP contribution in [0.2, 0.25) is 5.02 Å². The van der Waals surface area contributed by atoms with Gasteiger partial charge in [0, 0.05) is 36.8 Å². The molecule has 22 heavy (non-hydrogen) atoms. The topological polar surface area (TPSA) is 44.7 Å². The Hall–Kier alpha value is -0.660. The Labute approximate surface area is 139 Å². The van der Waals surface area contributed by atoms with Gasteiger partial charge in [-0.1, -0.05) is 11.6 Å². The van der Waals surface area contributed by atoms with E-state index in [9.17, 15) is 8.78 Å². The molecular weight excluding hydrogens is 337 g/mol. The smallest absolute Gasteiger partial charge is 0.290 e. The molecule has 2 rings (SSSR count). The molecule has 1 aliphatic heterocycles. The highest BCUT2D eigenvalue weighted by molar-refractivity contribution is 6.30. The van der Waals surface area contributed by atoms with Gasteiger partial charge >= 0.3 is 0 Å². The van der Waals surface area contributed by atoms with Crippen LogP contribution in [0.15, 0.2) is 18.2 Å². The second-order valence-electron chi connectivity index (χ2n) is 4.99. The van der Waals surface area contributed by atoms with Crippen molar-refractivity contribution in [2.45, 2.75) is 12.0 Å². The molecule has 0 saturated carbocycles. The predicted octanol–water partition coefficient (Wildman–Crippen LogP) is 2.34. The average Bonchev–Trinajstić information content (AvgIpc) is 2.48. The van der Waals surface area contributed by atoms with Gasteiger partial charge in [-0.25, -0.2) is 8.78 Å². The molecule has 0 radical (unpaired) electrons. The third-order valence-corrected chi connectivity index (χ3v) is 3.85. The van der Waals surface area contributed by atoms with Gasteiger partial charge in [0.05, 0.1) is 7.11 Å². The number of nitrogens with one attached hydrogen (secondary N) is 1. The van der Waals surface area contributed by atoms with Crippen LogP contribution < -0.4 is 10.1 Å². The number of aliphatic hydroxyl groups is 1. The van der Waals surface area contributed by atoms with Crippen LogP contribution in [0.3, 0.4) is 0 Å². The van der Waals surface area contributed by atoms with E-state index in [1.807, 2.05) is 0 Å². The lowest BCUT2D eigenvalue weighted by molar-refractivity contribution is -0.119. The molecule has 0 unspecified atom stereocenters. The van der Waals surface area contributed by atoms with E-state index in [0.717, 1.165) is 0 Å². The summed E-state index contributed by atoms with van der Waals surface area (Å²) >= 11 is 5.96. The van der Waals surface area contributed by atoms with E-state index in [-0.39, 0.29) is 12.4 Å². The van der Waals surface area contributed by atoms with E-state index in [0.29, 0.717) is 42.5 Å². The van der Waals surface area contributed by atoms with Crippen molar-refractivity contribution in [1.82, 2.24) is 10.2 Å². The Kier molecular flexibility index (Phi) is 7.28. The molecule has 1 heterocycles. The van der Waals surface area contributed by atoms with Crippen LogP contribution in [0.1, 0.15) is 11.6 Å². The highest BCUT2D eigenvalue weighted by atomic mass is 35.5. The van der Waals surface area contributed by atoms with Crippen molar-refractivity contribution in [3.8, 4) is 5.75 Å². The second kappa shape index (κ2) is 8.26. The van der Waals surface area contributed by atoms with Crippen LogP contribution in [-0.4, -0.2) is 55.8 Å². The van der Waals surface area contributed by atoms with Crippen molar-refractivity contribution in [3.05, 3.63) is 28.8 Å². The maximum atomic E-state index is 14.3. The van der Waals surface area contributed by atoms with Crippen LogP contribution in [-0.2, 0) is 0 Å². The SMILES string of the molecule is COc1ccc(Cl)cc1[C@H](N1CCNCC1)C(F)(F)CO.Cl. The third kappa shape index (κ3) is 4.20. The molecule has 0 aliphatic carbocycles. The summed E-state index contributed by atoms with van der Waals surface area (Å²) in [5, 5.41) is 12.6. The molecule has 2 N–H and O–H groups in total. The largest absolute Gasteiger partial charge is 0.496 e. The van der Waals surface area contributed by atoms with E-state index >= 15 is 0 Å². The molecule has 0 aromatic heterocycles. The monoisotopic (exact) mass is 356 g/mol. The number of alkyl halides is 2. The lowest BCUT2D eigenvalue weighted by Gasteiger charge is -2.39. The summed E-state index contributed by atoms with van der Waals surface area (Å²) < 4.78 is 33.8. The van der Waals surface area contributed by atoms with Gasteiger partial charge in [0.15, 0.2) is 0 Å². The van der Waals surface area contributed by atoms with Crippen molar-refractivity contribution >= 4 is 24.0 Å². The van der Waals surface area contributed by atoms with Crippen molar-refractivity contribution in [1.29, 1.82) is 0 Å². The van der Waals surface area contributed by atoms with Crippen molar-refractivity contribution in [3.63, 3.8) is 0 Å². The fourth-order valence-electron chi connectivity index (χ4n) is 2.64. The first-order valence-electron chi connectivity index (χ1n) is 6.76. The Morgan fingerprint density at radius 3 is 2.59 bits per heavy atom. The minimum atomic E-state index is -3.28. The van der Waals surface area contributed by atoms with Crippen LogP contribution >= 0.6 is 24.0 Å². The average molecular weight is 357 g/mol. The van der Waals surface area contributed by atoms with Crippen LogP contribution in [0.5, 0.6) is 5.75 Å². The maximum absolute atomic E-state index is 14.3. The number of aliphatic hydroxyl groups excluding tert-OH is 1. The number of hydrogen-bond donors (Lipinski definition) is 2. The summed E-state index contributed by atoms with van der Waals surface area (Å²) in [7, 11) is 1.43. The summed E-state index contributed by atoms with van der Waals surface area (Å²) in [6.45, 7) is 0.963. The number of halogens is 4. The van der Waals surface area contributed by atoms with Crippen LogP contribution in [0, 0.1) is 0 Å². The zero-order valence-corrected chi connectivity index (χ0v) is 13.8. The highest BCUT2D eigenvalue weighted by Gasteiger charge is 2.45. The minimum Gasteiger partial charge on any atom is -0.496 e. The first kappa shape index (κ1) is 19.4. The van der Waals surface area contributed by atoms with Gasteiger partial charge in [-0.3, -0.25) is 4.90 Å². The maximum Gasteiger partial charge on any atom is 0.290 e. The highest BCUT2D eigenvalue weighted by Crippen LogP contribution is 2.41. The van der Waals surface area contributed by atoms with Gasteiger partial charge in [-0.15, -0.1) is 12.4 Å². The Morgan fingerprint density at radius 1 is 1.41 bits per heavy atom. The molecule has 0 spiro atoms. The van der Waals surface area contributed by atoms with Crippen LogP contribution in [0.25, 0.3) is 0 Å². The summed E-state index contributed by atoms with van der Waals surface area (Å²) in [5.41, 5.74) is 0.297. The molecular formula is C14H20Cl2F2N2O2. The molecule has 8 heteroatoms. The third-order valence-electron chi connectivity index (χ3n) is 3.61. The Balaban J connectivity index is 0.00000242. The number of rotatable bonds is 5. The molecule has 0 bridgehead atoms. The second-order valence-corrected chi connectivity index (χ2v) is 5.43. The zero-order chi connectivity index (χ0) is 15.5. The van der Waals surface area contributed by atoms with Gasteiger partial charge in [0.1, 0.15) is 18.4 Å². The lowest BCUT2D eigenvalue weighted by Crippen LogP contribution is -2.51. The van der Waals surface area contributed by atoms with E-state index < -0.39 is 18.6 Å². The quantitative estimate of drug-likeness (QED) is 0.849. The predicted molar refractivity (Wildman–Crippen MR) is 84.5 cm³/mol. The van der Waals surface area contributed by atoms with E-state index in [1.54, 1.807) is 17.0 Å². The van der Waals surface area contributed by atoms with Crippen molar-refractivity contribution in [2.24, 2.45) is 0 Å².